The van der Waals surface area contributed by atoms with E-state index >= 15 is 0 Å². The SMILES string of the molecule is CCN(CC)C(=O)c1ccc(NC(=O)COC(=O)c2cc3c(s2)CCCCC3)cc1. The third-order valence-corrected chi connectivity index (χ3v) is 6.47. The van der Waals surface area contributed by atoms with Gasteiger partial charge in [0.15, 0.2) is 6.61 Å². The minimum atomic E-state index is -0.455. The maximum atomic E-state index is 12.3. The van der Waals surface area contributed by atoms with Gasteiger partial charge in [0.2, 0.25) is 0 Å². The van der Waals surface area contributed by atoms with Crippen LogP contribution in [0.25, 0.3) is 0 Å². The number of amides is 2. The minimum Gasteiger partial charge on any atom is -0.451 e. The Kier molecular flexibility index (Phi) is 7.63. The normalized spacial score (nSPS) is 13.1. The van der Waals surface area contributed by atoms with E-state index in [1.54, 1.807) is 29.2 Å². The number of nitrogens with zero attached hydrogens (tertiary/aromatic N) is 1. The zero-order valence-electron chi connectivity index (χ0n) is 17.5. The molecule has 2 aromatic rings. The molecule has 6 nitrogen and oxygen atoms in total. The van der Waals surface area contributed by atoms with Gasteiger partial charge in [-0.3, -0.25) is 9.59 Å². The number of thiophene rings is 1. The number of aryl methyl sites for hydroxylation is 2. The smallest absolute Gasteiger partial charge is 0.348 e. The molecule has 1 aromatic carbocycles. The zero-order chi connectivity index (χ0) is 21.5. The van der Waals surface area contributed by atoms with Crippen LogP contribution >= 0.6 is 11.3 Å². The van der Waals surface area contributed by atoms with E-state index in [1.165, 1.54) is 28.2 Å². The topological polar surface area (TPSA) is 75.7 Å². The summed E-state index contributed by atoms with van der Waals surface area (Å²) in [6.45, 7) is 4.81. The number of esters is 1. The molecule has 0 unspecified atom stereocenters. The second-order valence-corrected chi connectivity index (χ2v) is 8.44. The van der Waals surface area contributed by atoms with Gasteiger partial charge in [0.25, 0.3) is 11.8 Å². The lowest BCUT2D eigenvalue weighted by Crippen LogP contribution is -2.30. The van der Waals surface area contributed by atoms with Gasteiger partial charge in [-0.05, 0) is 75.4 Å². The molecule has 0 spiro atoms. The first-order valence-corrected chi connectivity index (χ1v) is 11.3. The van der Waals surface area contributed by atoms with E-state index in [2.05, 4.69) is 5.32 Å². The Morgan fingerprint density at radius 3 is 2.43 bits per heavy atom. The number of hydrogen-bond donors (Lipinski definition) is 1. The molecule has 7 heteroatoms. The summed E-state index contributed by atoms with van der Waals surface area (Å²) >= 11 is 1.48. The summed E-state index contributed by atoms with van der Waals surface area (Å²) in [6, 6.07) is 8.62. The van der Waals surface area contributed by atoms with Gasteiger partial charge in [0.05, 0.1) is 0 Å². The zero-order valence-corrected chi connectivity index (χ0v) is 18.3. The first-order chi connectivity index (χ1) is 14.5. The molecule has 0 fully saturated rings. The third-order valence-electron chi connectivity index (χ3n) is 5.25. The maximum absolute atomic E-state index is 12.3. The molecule has 30 heavy (non-hydrogen) atoms. The number of rotatable bonds is 7. The first-order valence-electron chi connectivity index (χ1n) is 10.5. The maximum Gasteiger partial charge on any atom is 0.348 e. The number of benzene rings is 1. The molecule has 0 saturated carbocycles. The fourth-order valence-electron chi connectivity index (χ4n) is 3.56. The fourth-order valence-corrected chi connectivity index (χ4v) is 4.70. The number of anilines is 1. The summed E-state index contributed by atoms with van der Waals surface area (Å²) in [5.74, 6) is -0.908. The van der Waals surface area contributed by atoms with E-state index < -0.39 is 11.9 Å². The highest BCUT2D eigenvalue weighted by molar-refractivity contribution is 7.14. The number of nitrogens with one attached hydrogen (secondary N) is 1. The molecular formula is C23H28N2O4S. The Hall–Kier alpha value is -2.67. The van der Waals surface area contributed by atoms with Crippen molar-refractivity contribution < 1.29 is 19.1 Å². The van der Waals surface area contributed by atoms with Gasteiger partial charge in [-0.1, -0.05) is 6.42 Å². The Morgan fingerprint density at radius 2 is 1.73 bits per heavy atom. The molecule has 0 bridgehead atoms. The lowest BCUT2D eigenvalue weighted by Gasteiger charge is -2.18. The summed E-state index contributed by atoms with van der Waals surface area (Å²) < 4.78 is 5.19. The van der Waals surface area contributed by atoms with Gasteiger partial charge in [-0.25, -0.2) is 4.79 Å². The Morgan fingerprint density at radius 1 is 1.03 bits per heavy atom. The van der Waals surface area contributed by atoms with E-state index in [-0.39, 0.29) is 12.5 Å². The molecule has 0 aliphatic heterocycles. The van der Waals surface area contributed by atoms with Crippen molar-refractivity contribution in [3.63, 3.8) is 0 Å². The van der Waals surface area contributed by atoms with Crippen molar-refractivity contribution in [2.24, 2.45) is 0 Å². The second kappa shape index (κ2) is 10.4. The predicted molar refractivity (Wildman–Crippen MR) is 118 cm³/mol. The van der Waals surface area contributed by atoms with Gasteiger partial charge < -0.3 is 15.0 Å². The van der Waals surface area contributed by atoms with Crippen molar-refractivity contribution in [3.8, 4) is 0 Å². The van der Waals surface area contributed by atoms with Crippen molar-refractivity contribution >= 4 is 34.8 Å². The molecule has 1 N–H and O–H groups in total. The van der Waals surface area contributed by atoms with Crippen LogP contribution in [-0.2, 0) is 22.4 Å². The highest BCUT2D eigenvalue weighted by atomic mass is 32.1. The summed E-state index contributed by atoms with van der Waals surface area (Å²) in [5, 5.41) is 2.69. The van der Waals surface area contributed by atoms with Gasteiger partial charge in [0, 0.05) is 29.2 Å². The molecule has 1 aliphatic rings. The largest absolute Gasteiger partial charge is 0.451 e. The van der Waals surface area contributed by atoms with Crippen LogP contribution in [-0.4, -0.2) is 42.4 Å². The quantitative estimate of drug-likeness (QED) is 0.527. The fraction of sp³-hybridized carbons (Fsp3) is 0.435. The average molecular weight is 429 g/mol. The van der Waals surface area contributed by atoms with Crippen LogP contribution in [0.5, 0.6) is 0 Å². The van der Waals surface area contributed by atoms with E-state index in [4.69, 9.17) is 4.74 Å². The summed E-state index contributed by atoms with van der Waals surface area (Å²) in [4.78, 5) is 40.4. The second-order valence-electron chi connectivity index (χ2n) is 7.30. The van der Waals surface area contributed by atoms with Gasteiger partial charge >= 0.3 is 5.97 Å². The summed E-state index contributed by atoms with van der Waals surface area (Å²) in [7, 11) is 0. The number of ether oxygens (including phenoxy) is 1. The van der Waals surface area contributed by atoms with Crippen molar-refractivity contribution in [2.45, 2.75) is 46.0 Å². The molecule has 3 rings (SSSR count). The number of carbonyl (C=O) groups excluding carboxylic acids is 3. The molecule has 1 heterocycles. The van der Waals surface area contributed by atoms with Crippen molar-refractivity contribution in [2.75, 3.05) is 25.0 Å². The summed E-state index contributed by atoms with van der Waals surface area (Å²) in [6.07, 6.45) is 5.56. The Labute approximate surface area is 181 Å². The number of fused-ring (bicyclic) bond motifs is 1. The third kappa shape index (κ3) is 5.48. The van der Waals surface area contributed by atoms with Crippen LogP contribution < -0.4 is 5.32 Å². The lowest BCUT2D eigenvalue weighted by molar-refractivity contribution is -0.119. The van der Waals surface area contributed by atoms with E-state index in [1.807, 2.05) is 19.9 Å². The lowest BCUT2D eigenvalue weighted by atomic mass is 10.1. The van der Waals surface area contributed by atoms with Crippen molar-refractivity contribution in [1.82, 2.24) is 4.90 Å². The highest BCUT2D eigenvalue weighted by Crippen LogP contribution is 2.29. The van der Waals surface area contributed by atoms with Crippen LogP contribution in [0.15, 0.2) is 30.3 Å². The molecular weight excluding hydrogens is 400 g/mol. The van der Waals surface area contributed by atoms with E-state index in [0.29, 0.717) is 29.2 Å². The number of carbonyl (C=O) groups is 3. The van der Waals surface area contributed by atoms with Gasteiger partial charge in [-0.2, -0.15) is 0 Å². The van der Waals surface area contributed by atoms with Gasteiger partial charge in [-0.15, -0.1) is 11.3 Å². The van der Waals surface area contributed by atoms with Crippen molar-refractivity contribution in [1.29, 1.82) is 0 Å². The Bertz CT molecular complexity index is 877. The van der Waals surface area contributed by atoms with Crippen LogP contribution in [0.3, 0.4) is 0 Å². The first kappa shape index (κ1) is 22.0. The molecule has 160 valence electrons. The molecule has 1 aliphatic carbocycles. The monoisotopic (exact) mass is 428 g/mol. The summed E-state index contributed by atoms with van der Waals surface area (Å²) in [5.41, 5.74) is 2.36. The molecule has 0 saturated heterocycles. The molecule has 0 radical (unpaired) electrons. The number of hydrogen-bond acceptors (Lipinski definition) is 5. The Balaban J connectivity index is 1.51. The van der Waals surface area contributed by atoms with Crippen LogP contribution in [0.2, 0.25) is 0 Å². The van der Waals surface area contributed by atoms with Crippen LogP contribution in [0, 0.1) is 0 Å². The van der Waals surface area contributed by atoms with Crippen LogP contribution in [0.4, 0.5) is 5.69 Å². The molecule has 2 amide bonds. The van der Waals surface area contributed by atoms with Gasteiger partial charge in [0.1, 0.15) is 4.88 Å². The highest BCUT2D eigenvalue weighted by Gasteiger charge is 2.18. The molecule has 1 aromatic heterocycles. The predicted octanol–water partition coefficient (Wildman–Crippen LogP) is 4.29. The minimum absolute atomic E-state index is 0.0406. The van der Waals surface area contributed by atoms with E-state index in [9.17, 15) is 14.4 Å². The standard InChI is InChI=1S/C23H28N2O4S/c1-3-25(4-2)22(27)16-10-12-18(13-11-16)24-21(26)15-29-23(28)20-14-17-8-6-5-7-9-19(17)30-20/h10-14H,3-9,15H2,1-2H3,(H,24,26). The van der Waals surface area contributed by atoms with Crippen LogP contribution in [0.1, 0.15) is 63.6 Å². The van der Waals surface area contributed by atoms with E-state index in [0.717, 1.165) is 25.7 Å². The average Bonchev–Trinajstić information content (AvgIpc) is 3.04. The molecule has 0 atom stereocenters. The van der Waals surface area contributed by atoms with Crippen molar-refractivity contribution in [3.05, 3.63) is 51.2 Å².